The van der Waals surface area contributed by atoms with Gasteiger partial charge in [0.25, 0.3) is 5.91 Å². The summed E-state index contributed by atoms with van der Waals surface area (Å²) >= 11 is 0. The predicted octanol–water partition coefficient (Wildman–Crippen LogP) is 0.637. The largest absolute Gasteiger partial charge is 0.381 e. The van der Waals surface area contributed by atoms with Crippen molar-refractivity contribution in [3.8, 4) is 12.3 Å². The third-order valence-corrected chi connectivity index (χ3v) is 6.61. The van der Waals surface area contributed by atoms with Crippen LogP contribution in [0, 0.1) is 17.8 Å². The normalized spacial score (nSPS) is 31.1. The van der Waals surface area contributed by atoms with Gasteiger partial charge in [-0.3, -0.25) is 14.5 Å². The van der Waals surface area contributed by atoms with Crippen LogP contribution in [0.1, 0.15) is 42.4 Å². The molecule has 0 bridgehead atoms. The minimum Gasteiger partial charge on any atom is -0.381 e. The number of nitrogens with zero attached hydrogens (tertiary/aromatic N) is 2. The first kappa shape index (κ1) is 18.5. The van der Waals surface area contributed by atoms with Crippen molar-refractivity contribution in [2.75, 3.05) is 13.7 Å². The molecule has 1 aromatic carbocycles. The molecule has 0 radical (unpaired) electrons. The maximum absolute atomic E-state index is 13.7. The number of carbonyl (C=O) groups is 2. The molecule has 2 amide bonds. The molecular formula is C21H24N4O3. The molecule has 4 N–H and O–H groups in total. The molecule has 3 aliphatic rings. The average Bonchev–Trinajstić information content (AvgIpc) is 3.09. The van der Waals surface area contributed by atoms with E-state index in [1.807, 2.05) is 18.2 Å². The number of methoxy groups -OCH3 is 1. The molecule has 7 heteroatoms. The Balaban J connectivity index is 1.87. The van der Waals surface area contributed by atoms with Crippen molar-refractivity contribution in [1.29, 1.82) is 0 Å². The molecule has 1 unspecified atom stereocenters. The lowest BCUT2D eigenvalue weighted by molar-refractivity contribution is -0.140. The van der Waals surface area contributed by atoms with Gasteiger partial charge in [-0.25, -0.2) is 4.99 Å². The van der Waals surface area contributed by atoms with Crippen molar-refractivity contribution in [3.05, 3.63) is 34.9 Å². The topological polar surface area (TPSA) is 111 Å². The third kappa shape index (κ3) is 2.38. The van der Waals surface area contributed by atoms with Gasteiger partial charge in [-0.2, -0.15) is 0 Å². The molecule has 1 aliphatic heterocycles. The van der Waals surface area contributed by atoms with Gasteiger partial charge >= 0.3 is 0 Å². The SMILES string of the molecule is C#Cc1ccc2c(c1)C1(N=C(N)N(CC(N)=O)C1=O)C1(CCC(OC)CC1)C2. The van der Waals surface area contributed by atoms with E-state index in [1.54, 1.807) is 7.11 Å². The summed E-state index contributed by atoms with van der Waals surface area (Å²) in [5, 5.41) is 0. The molecule has 0 saturated heterocycles. The van der Waals surface area contributed by atoms with Crippen molar-refractivity contribution < 1.29 is 14.3 Å². The highest BCUT2D eigenvalue weighted by molar-refractivity contribution is 6.10. The van der Waals surface area contributed by atoms with E-state index in [-0.39, 0.29) is 24.5 Å². The fourth-order valence-corrected chi connectivity index (χ4v) is 5.26. The van der Waals surface area contributed by atoms with E-state index < -0.39 is 16.9 Å². The van der Waals surface area contributed by atoms with Crippen LogP contribution in [0.15, 0.2) is 23.2 Å². The summed E-state index contributed by atoms with van der Waals surface area (Å²) in [7, 11) is 1.71. The van der Waals surface area contributed by atoms with Crippen LogP contribution in [0.25, 0.3) is 0 Å². The standard InChI is InChI=1S/C21H24N4O3/c1-3-13-4-5-14-11-20(8-6-15(28-2)7-9-20)21(16(14)10-13)18(27)25(12-17(22)26)19(23)24-21/h1,4-5,10,15H,6-9,11-12H2,2H3,(H2,22,26)(H2,23,24). The highest BCUT2D eigenvalue weighted by atomic mass is 16.5. The van der Waals surface area contributed by atoms with Gasteiger partial charge in [0.1, 0.15) is 6.54 Å². The number of hydrogen-bond donors (Lipinski definition) is 2. The molecule has 1 saturated carbocycles. The molecule has 2 aliphatic carbocycles. The van der Waals surface area contributed by atoms with E-state index >= 15 is 0 Å². The molecule has 1 fully saturated rings. The number of primary amides is 1. The zero-order chi connectivity index (χ0) is 20.1. The number of amides is 2. The first-order valence-corrected chi connectivity index (χ1v) is 9.45. The number of rotatable bonds is 3. The zero-order valence-corrected chi connectivity index (χ0v) is 15.9. The Morgan fingerprint density at radius 2 is 2.14 bits per heavy atom. The van der Waals surface area contributed by atoms with Crippen molar-refractivity contribution >= 4 is 17.8 Å². The Labute approximate surface area is 164 Å². The number of carbonyl (C=O) groups excluding carboxylic acids is 2. The van der Waals surface area contributed by atoms with Crippen LogP contribution in [-0.4, -0.2) is 42.4 Å². The lowest BCUT2D eigenvalue weighted by Gasteiger charge is -2.45. The van der Waals surface area contributed by atoms with Crippen LogP contribution in [-0.2, 0) is 26.3 Å². The second-order valence-corrected chi connectivity index (χ2v) is 7.95. The van der Waals surface area contributed by atoms with Crippen LogP contribution in [0.4, 0.5) is 0 Å². The highest BCUT2D eigenvalue weighted by Crippen LogP contribution is 2.61. The summed E-state index contributed by atoms with van der Waals surface area (Å²) in [5.74, 6) is 1.77. The Hall–Kier alpha value is -2.85. The van der Waals surface area contributed by atoms with Gasteiger partial charge < -0.3 is 16.2 Å². The van der Waals surface area contributed by atoms with Crippen LogP contribution >= 0.6 is 0 Å². The van der Waals surface area contributed by atoms with Crippen molar-refractivity contribution in [2.24, 2.45) is 21.9 Å². The average molecular weight is 380 g/mol. The monoisotopic (exact) mass is 380 g/mol. The number of hydrogen-bond acceptors (Lipinski definition) is 5. The summed E-state index contributed by atoms with van der Waals surface area (Å²) in [6.07, 6.45) is 9.73. The van der Waals surface area contributed by atoms with E-state index in [0.29, 0.717) is 5.56 Å². The molecule has 2 spiro atoms. The number of nitrogens with two attached hydrogens (primary N) is 2. The maximum atomic E-state index is 13.7. The Bertz CT molecular complexity index is 924. The first-order chi connectivity index (χ1) is 13.4. The maximum Gasteiger partial charge on any atom is 0.263 e. The lowest BCUT2D eigenvalue weighted by atomic mass is 9.61. The Morgan fingerprint density at radius 1 is 1.43 bits per heavy atom. The second kappa shape index (κ2) is 6.35. The van der Waals surface area contributed by atoms with Gasteiger partial charge in [0.05, 0.1) is 6.10 Å². The second-order valence-electron chi connectivity index (χ2n) is 7.95. The minimum atomic E-state index is -1.16. The molecule has 1 atom stereocenters. The Morgan fingerprint density at radius 3 is 2.75 bits per heavy atom. The van der Waals surface area contributed by atoms with Gasteiger partial charge in [0.2, 0.25) is 5.91 Å². The van der Waals surface area contributed by atoms with Crippen LogP contribution in [0.2, 0.25) is 0 Å². The fraction of sp³-hybridized carbons (Fsp3) is 0.476. The van der Waals surface area contributed by atoms with E-state index in [2.05, 4.69) is 5.92 Å². The molecule has 4 rings (SSSR count). The summed E-state index contributed by atoms with van der Waals surface area (Å²) in [4.78, 5) is 31.2. The molecular weight excluding hydrogens is 356 g/mol. The van der Waals surface area contributed by atoms with Gasteiger partial charge in [-0.15, -0.1) is 6.42 Å². The van der Waals surface area contributed by atoms with Crippen LogP contribution in [0.3, 0.4) is 0 Å². The van der Waals surface area contributed by atoms with Crippen LogP contribution in [0.5, 0.6) is 0 Å². The van der Waals surface area contributed by atoms with Gasteiger partial charge in [-0.05, 0) is 55.4 Å². The van der Waals surface area contributed by atoms with E-state index in [1.165, 1.54) is 4.90 Å². The Kier molecular flexibility index (Phi) is 4.20. The van der Waals surface area contributed by atoms with E-state index in [0.717, 1.165) is 43.2 Å². The predicted molar refractivity (Wildman–Crippen MR) is 104 cm³/mol. The quantitative estimate of drug-likeness (QED) is 0.750. The van der Waals surface area contributed by atoms with Gasteiger partial charge in [0.15, 0.2) is 11.5 Å². The van der Waals surface area contributed by atoms with Crippen LogP contribution < -0.4 is 11.5 Å². The van der Waals surface area contributed by atoms with Crippen molar-refractivity contribution in [2.45, 2.75) is 43.7 Å². The van der Waals surface area contributed by atoms with E-state index in [9.17, 15) is 9.59 Å². The molecule has 28 heavy (non-hydrogen) atoms. The van der Waals surface area contributed by atoms with Crippen molar-refractivity contribution in [3.63, 3.8) is 0 Å². The summed E-state index contributed by atoms with van der Waals surface area (Å²) in [6, 6.07) is 5.74. The smallest absolute Gasteiger partial charge is 0.263 e. The number of ether oxygens (including phenoxy) is 1. The fourth-order valence-electron chi connectivity index (χ4n) is 5.26. The molecule has 1 heterocycles. The summed E-state index contributed by atoms with van der Waals surface area (Å²) in [6.45, 7) is -0.281. The number of benzene rings is 1. The lowest BCUT2D eigenvalue weighted by Crippen LogP contribution is -2.53. The van der Waals surface area contributed by atoms with E-state index in [4.69, 9.17) is 27.6 Å². The number of fused-ring (bicyclic) bond motifs is 3. The van der Waals surface area contributed by atoms with Gasteiger partial charge in [0, 0.05) is 18.1 Å². The first-order valence-electron chi connectivity index (χ1n) is 9.45. The summed E-state index contributed by atoms with van der Waals surface area (Å²) < 4.78 is 5.54. The minimum absolute atomic E-state index is 0.0380. The number of aliphatic imine (C=N–C) groups is 1. The molecule has 1 aromatic rings. The van der Waals surface area contributed by atoms with Gasteiger partial charge in [-0.1, -0.05) is 12.0 Å². The number of terminal acetylenes is 1. The third-order valence-electron chi connectivity index (χ3n) is 6.61. The van der Waals surface area contributed by atoms with Crippen molar-refractivity contribution in [1.82, 2.24) is 4.90 Å². The zero-order valence-electron chi connectivity index (χ0n) is 15.9. The summed E-state index contributed by atoms with van der Waals surface area (Å²) in [5.41, 5.74) is 12.5. The highest BCUT2D eigenvalue weighted by Gasteiger charge is 2.66. The number of guanidine groups is 1. The molecule has 0 aromatic heterocycles. The molecule has 146 valence electrons. The molecule has 7 nitrogen and oxygen atoms in total.